The number of anilines is 5. The minimum absolute atomic E-state index is 0. The predicted octanol–water partition coefficient (Wildman–Crippen LogP) is 29.1. The van der Waals surface area contributed by atoms with Crippen LogP contribution in [-0.2, 0) is 77.7 Å². The monoisotopic (exact) mass is 2030 g/mol. The third-order valence-electron chi connectivity index (χ3n) is 25.6. The van der Waals surface area contributed by atoms with E-state index in [1.54, 1.807) is 16.7 Å². The number of aryl methyl sites for hydroxylation is 6. The third-order valence-corrected chi connectivity index (χ3v) is 25.6. The first kappa shape index (κ1) is 89.0. The Bertz CT molecular complexity index is 6510. The molecule has 0 atom stereocenters. The number of imidazole rings is 2. The number of benzene rings is 14. The third kappa shape index (κ3) is 17.4. The van der Waals surface area contributed by atoms with Gasteiger partial charge < -0.3 is 33.2 Å². The van der Waals surface area contributed by atoms with E-state index in [0.29, 0.717) is 23.7 Å². The van der Waals surface area contributed by atoms with E-state index in [-0.39, 0.29) is 45.6 Å². The van der Waals surface area contributed by atoms with Crippen LogP contribution in [0.2, 0.25) is 0 Å². The van der Waals surface area contributed by atoms with Gasteiger partial charge in [0.2, 0.25) is 0 Å². The smallest absolute Gasteiger partial charge is 0.504 e. The van der Waals surface area contributed by atoms with Gasteiger partial charge in [-0.05, 0) is 195 Å². The van der Waals surface area contributed by atoms with Crippen LogP contribution in [0.3, 0.4) is 0 Å². The van der Waals surface area contributed by atoms with Crippen molar-refractivity contribution in [3.63, 3.8) is 0 Å². The molecule has 5 aliphatic carbocycles. The minimum atomic E-state index is -0.146. The molecule has 6 heterocycles. The molecule has 3 aliphatic heterocycles. The van der Waals surface area contributed by atoms with E-state index in [9.17, 15) is 0 Å². The molecular formula is C117H108Ir2N8O. The van der Waals surface area contributed by atoms with Crippen molar-refractivity contribution in [3.8, 4) is 45.3 Å². The van der Waals surface area contributed by atoms with Gasteiger partial charge in [0.15, 0.2) is 0 Å². The van der Waals surface area contributed by atoms with Crippen molar-refractivity contribution in [2.75, 3.05) is 26.6 Å². The van der Waals surface area contributed by atoms with Crippen LogP contribution in [0, 0.1) is 51.5 Å². The predicted molar refractivity (Wildman–Crippen MR) is 524 cm³/mol. The van der Waals surface area contributed by atoms with Crippen LogP contribution in [-0.4, -0.2) is 26.1 Å². The van der Waals surface area contributed by atoms with Gasteiger partial charge in [0.05, 0.1) is 11.6 Å². The molecule has 0 amide bonds. The number of hydrogen-bond donors (Lipinski definition) is 0. The second-order valence-corrected chi connectivity index (χ2v) is 35.4. The molecule has 0 saturated carbocycles. The van der Waals surface area contributed by atoms with Gasteiger partial charge in [0.25, 0.3) is 0 Å². The van der Waals surface area contributed by atoms with Crippen LogP contribution in [0.4, 0.5) is 28.4 Å². The first-order valence-corrected chi connectivity index (χ1v) is 44.6. The molecule has 0 spiro atoms. The van der Waals surface area contributed by atoms with Crippen molar-refractivity contribution in [2.24, 2.45) is 0 Å². The number of aromatic nitrogens is 4. The van der Waals surface area contributed by atoms with Crippen LogP contribution < -0.4 is 19.6 Å². The second kappa shape index (κ2) is 38.6. The molecule has 25 rings (SSSR count). The maximum Gasteiger partial charge on any atom is 3.00 e. The van der Waals surface area contributed by atoms with Gasteiger partial charge in [0, 0.05) is 86.7 Å². The molecule has 14 aromatic carbocycles. The number of nitrogens with zero attached hydrogens (tertiary/aromatic N) is 8. The van der Waals surface area contributed by atoms with Crippen molar-refractivity contribution < 1.29 is 44.6 Å². The van der Waals surface area contributed by atoms with Gasteiger partial charge in [-0.15, -0.1) is 90.2 Å². The van der Waals surface area contributed by atoms with Crippen molar-refractivity contribution in [1.82, 2.24) is 19.1 Å². The fraction of sp³-hybridized carbons (Fsp3) is 0.197. The van der Waals surface area contributed by atoms with E-state index in [1.807, 2.05) is 73.1 Å². The van der Waals surface area contributed by atoms with Gasteiger partial charge >= 0.3 is 40.2 Å². The van der Waals surface area contributed by atoms with Crippen molar-refractivity contribution in [3.05, 3.63) is 449 Å². The van der Waals surface area contributed by atoms with Crippen LogP contribution in [0.5, 0.6) is 0 Å². The summed E-state index contributed by atoms with van der Waals surface area (Å²) in [5.41, 5.74) is 39.4. The van der Waals surface area contributed by atoms with E-state index >= 15 is 0 Å². The summed E-state index contributed by atoms with van der Waals surface area (Å²) >= 11 is 0. The number of para-hydroxylation sites is 5. The Morgan fingerprint density at radius 1 is 0.391 bits per heavy atom. The summed E-state index contributed by atoms with van der Waals surface area (Å²) in [6.45, 7) is 31.3. The summed E-state index contributed by atoms with van der Waals surface area (Å²) in [6, 6.07) is 119. The Morgan fingerprint density at radius 2 is 0.875 bits per heavy atom. The molecule has 128 heavy (non-hydrogen) atoms. The molecule has 4 bridgehead atoms. The number of fused-ring (bicyclic) bond motifs is 2. The second-order valence-electron chi connectivity index (χ2n) is 35.4. The molecule has 0 unspecified atom stereocenters. The molecule has 0 saturated heterocycles. The average molecular weight is 2030 g/mol. The summed E-state index contributed by atoms with van der Waals surface area (Å²) in [5, 5.41) is 2.36. The number of hydrogen-bond acceptors (Lipinski definition) is 7. The van der Waals surface area contributed by atoms with Crippen LogP contribution >= 0.6 is 0 Å². The fourth-order valence-electron chi connectivity index (χ4n) is 19.1. The zero-order chi connectivity index (χ0) is 86.9. The molecule has 0 N–H and O–H groups in total. The average Bonchev–Trinajstić information content (AvgIpc) is 1.53. The maximum atomic E-state index is 6.22. The Hall–Kier alpha value is -12.5. The van der Waals surface area contributed by atoms with Crippen LogP contribution in [0.25, 0.3) is 78.6 Å². The number of furan rings is 1. The fourth-order valence-corrected chi connectivity index (χ4v) is 19.1. The van der Waals surface area contributed by atoms with E-state index in [1.165, 1.54) is 123 Å². The standard InChI is InChI=1S/C29H24N2.C23H18N2O.C23H20.2C21H23N2.2Ir/c1-22-13-9-11-19-26(22)28-29(27-20-12-10-14-23(27)2)31(25-17-7-4-8-18-25)21-30(28)24-15-5-3-6-16-24;1-23(2)14-7-5-11-18-20(14)21-16(9-6-12-19(21)26-18)25-13-24(3)17-10-4-8-15(23)22(17)25;1-2-4-21-20(3-1)15-22-18-11-9-16-5-7-17(8-6-16)10-12-19(14-13-18)23(21)22;2*1-15(2)18-11-8-12-19(16(3)4)20(18)23-14-13-22-21(23)17-9-6-5-7-10-17;;/h3-17,19-21H,1-2H3;4-8,10-13H,1-3H3;1-8,13-14H,9-12,15H2;2*5-9,11-16H,1-4H3;;/q2*-2;;2*-1;2*+3. The van der Waals surface area contributed by atoms with Crippen molar-refractivity contribution >= 4 is 61.8 Å². The minimum Gasteiger partial charge on any atom is -0.504 e. The van der Waals surface area contributed by atoms with Crippen molar-refractivity contribution in [1.29, 1.82) is 0 Å². The molecule has 3 aromatic heterocycles. The van der Waals surface area contributed by atoms with Gasteiger partial charge in [-0.2, -0.15) is 49.1 Å². The Labute approximate surface area is 784 Å². The number of rotatable bonds is 12. The first-order valence-electron chi connectivity index (χ1n) is 44.6. The molecule has 0 fully saturated rings. The summed E-state index contributed by atoms with van der Waals surface area (Å²) in [7, 11) is 2.10. The molecule has 640 valence electrons. The normalized spacial score (nSPS) is 13.6. The molecule has 8 aliphatic rings. The Morgan fingerprint density at radius 3 is 1.42 bits per heavy atom. The van der Waals surface area contributed by atoms with Gasteiger partial charge in [-0.1, -0.05) is 268 Å². The van der Waals surface area contributed by atoms with Crippen LogP contribution in [0.1, 0.15) is 182 Å². The van der Waals surface area contributed by atoms with E-state index in [0.717, 1.165) is 88.5 Å². The molecular weight excluding hydrogens is 1920 g/mol. The largest absolute Gasteiger partial charge is 3.00 e. The summed E-state index contributed by atoms with van der Waals surface area (Å²) in [4.78, 5) is 18.2. The summed E-state index contributed by atoms with van der Waals surface area (Å²) < 4.78 is 10.7. The molecule has 11 heteroatoms. The SMILES string of the molecule is CC(C)c1cccc(C(C)C)c1-n1ccnc1-c1[c-]cccc1.CC(C)c1cccc(C(C)C)c1-n1ccnc1-c1[c-]cccc1.CN1[CH-]N2c3c1cccc3C(C)(C)c1cccc3oc4cc[c-]c2c4c13.Cc1ccccc1C1=C(c2ccccc2C)N(c2ccccc2)[CH-]N1c1[c-]cccc1.[Ir+3].[Ir+3].c1ccc2c(c1)Cc1c3ccc(c1-2)CCc1ccc(cc1)CC3. The van der Waals surface area contributed by atoms with Crippen molar-refractivity contribution in [2.45, 2.75) is 144 Å². The van der Waals surface area contributed by atoms with Crippen LogP contribution in [0.15, 0.2) is 326 Å². The molecule has 17 aromatic rings. The maximum absolute atomic E-state index is 6.22. The zero-order valence-corrected chi connectivity index (χ0v) is 80.0. The van der Waals surface area contributed by atoms with Gasteiger partial charge in [-0.3, -0.25) is 9.97 Å². The van der Waals surface area contributed by atoms with E-state index in [2.05, 4.69) is 415 Å². The topological polar surface area (TPSA) is 61.7 Å². The zero-order valence-electron chi connectivity index (χ0n) is 75.3. The Kier molecular flexibility index (Phi) is 26.8. The van der Waals surface area contributed by atoms with Gasteiger partial charge in [-0.25, -0.2) is 0 Å². The summed E-state index contributed by atoms with van der Waals surface area (Å²) in [5.74, 6) is 3.72. The van der Waals surface area contributed by atoms with E-state index < -0.39 is 0 Å². The quantitative estimate of drug-likeness (QED) is 0.113. The molecule has 0 radical (unpaired) electrons. The first-order chi connectivity index (χ1) is 61.4. The molecule has 9 nitrogen and oxygen atoms in total. The summed E-state index contributed by atoms with van der Waals surface area (Å²) in [6.07, 6.45) is 13.5. The van der Waals surface area contributed by atoms with Gasteiger partial charge in [0.1, 0.15) is 5.58 Å². The Balaban J connectivity index is 0.000000118. The van der Waals surface area contributed by atoms with E-state index in [4.69, 9.17) is 4.42 Å².